The Balaban J connectivity index is 1.98. The largest absolute Gasteiger partial charge is 0.495 e. The van der Waals surface area contributed by atoms with Gasteiger partial charge in [0.25, 0.3) is 0 Å². The maximum absolute atomic E-state index is 5.95. The summed E-state index contributed by atoms with van der Waals surface area (Å²) in [5.74, 6) is 3.75. The van der Waals surface area contributed by atoms with E-state index in [4.69, 9.17) is 13.9 Å². The van der Waals surface area contributed by atoms with Crippen molar-refractivity contribution in [3.8, 4) is 17.2 Å². The SMILES string of the molecule is COc1ccccc1N1c2ccccc2Oc2cc(C)oc21. The minimum Gasteiger partial charge on any atom is -0.495 e. The Morgan fingerprint density at radius 1 is 0.909 bits per heavy atom. The van der Waals surface area contributed by atoms with Gasteiger partial charge in [-0.1, -0.05) is 24.3 Å². The van der Waals surface area contributed by atoms with Crippen LogP contribution in [-0.2, 0) is 0 Å². The maximum atomic E-state index is 5.95. The molecular formula is C18H15NO3. The number of rotatable bonds is 2. The smallest absolute Gasteiger partial charge is 0.248 e. The topological polar surface area (TPSA) is 34.8 Å². The molecule has 1 aliphatic rings. The van der Waals surface area contributed by atoms with Crippen LogP contribution in [0.15, 0.2) is 59.0 Å². The van der Waals surface area contributed by atoms with E-state index in [0.29, 0.717) is 11.6 Å². The Labute approximate surface area is 128 Å². The van der Waals surface area contributed by atoms with E-state index >= 15 is 0 Å². The lowest BCUT2D eigenvalue weighted by Crippen LogP contribution is -2.15. The molecule has 3 aromatic rings. The summed E-state index contributed by atoms with van der Waals surface area (Å²) in [7, 11) is 1.67. The van der Waals surface area contributed by atoms with Crippen LogP contribution >= 0.6 is 0 Å². The molecule has 2 aromatic carbocycles. The van der Waals surface area contributed by atoms with E-state index in [1.165, 1.54) is 0 Å². The van der Waals surface area contributed by atoms with E-state index < -0.39 is 0 Å². The third kappa shape index (κ3) is 1.84. The Bertz CT molecular complexity index is 838. The van der Waals surface area contributed by atoms with Gasteiger partial charge in [0.05, 0.1) is 18.5 Å². The van der Waals surface area contributed by atoms with Crippen LogP contribution in [-0.4, -0.2) is 7.11 Å². The predicted octanol–water partition coefficient (Wildman–Crippen LogP) is 5.17. The number of hydrogen-bond acceptors (Lipinski definition) is 4. The lowest BCUT2D eigenvalue weighted by molar-refractivity contribution is 0.413. The van der Waals surface area contributed by atoms with Crippen molar-refractivity contribution < 1.29 is 13.9 Å². The normalized spacial score (nSPS) is 12.4. The van der Waals surface area contributed by atoms with Crippen molar-refractivity contribution in [1.82, 2.24) is 0 Å². The number of fused-ring (bicyclic) bond motifs is 2. The van der Waals surface area contributed by atoms with Gasteiger partial charge in [-0.15, -0.1) is 0 Å². The van der Waals surface area contributed by atoms with Crippen molar-refractivity contribution in [3.05, 3.63) is 60.4 Å². The zero-order valence-electron chi connectivity index (χ0n) is 12.4. The Hall–Kier alpha value is -2.88. The minimum atomic E-state index is 0.667. The van der Waals surface area contributed by atoms with Crippen molar-refractivity contribution in [2.24, 2.45) is 0 Å². The van der Waals surface area contributed by atoms with E-state index in [9.17, 15) is 0 Å². The first-order valence-electron chi connectivity index (χ1n) is 7.08. The number of methoxy groups -OCH3 is 1. The van der Waals surface area contributed by atoms with Crippen LogP contribution in [0.25, 0.3) is 0 Å². The van der Waals surface area contributed by atoms with Gasteiger partial charge in [0.1, 0.15) is 11.5 Å². The summed E-state index contributed by atoms with van der Waals surface area (Å²) in [6.07, 6.45) is 0. The molecule has 0 bridgehead atoms. The fourth-order valence-electron chi connectivity index (χ4n) is 2.72. The molecule has 0 radical (unpaired) electrons. The molecule has 0 fully saturated rings. The van der Waals surface area contributed by atoms with Crippen molar-refractivity contribution in [3.63, 3.8) is 0 Å². The molecule has 0 unspecified atom stereocenters. The molecule has 0 N–H and O–H groups in total. The molecule has 2 heterocycles. The van der Waals surface area contributed by atoms with Gasteiger partial charge in [-0.25, -0.2) is 0 Å². The monoisotopic (exact) mass is 293 g/mol. The number of aryl methyl sites for hydroxylation is 1. The highest BCUT2D eigenvalue weighted by molar-refractivity contribution is 5.85. The molecule has 0 spiro atoms. The minimum absolute atomic E-state index is 0.667. The Kier molecular flexibility index (Phi) is 2.82. The highest BCUT2D eigenvalue weighted by Gasteiger charge is 2.30. The second-order valence-electron chi connectivity index (χ2n) is 5.10. The number of nitrogens with zero attached hydrogens (tertiary/aromatic N) is 1. The number of ether oxygens (including phenoxy) is 2. The number of para-hydroxylation sites is 4. The van der Waals surface area contributed by atoms with Gasteiger partial charge in [-0.05, 0) is 31.2 Å². The Morgan fingerprint density at radius 2 is 1.64 bits per heavy atom. The lowest BCUT2D eigenvalue weighted by atomic mass is 10.2. The lowest BCUT2D eigenvalue weighted by Gasteiger charge is -2.30. The quantitative estimate of drug-likeness (QED) is 0.510. The summed E-state index contributed by atoms with van der Waals surface area (Å²) in [5.41, 5.74) is 1.84. The summed E-state index contributed by atoms with van der Waals surface area (Å²) in [5, 5.41) is 0. The van der Waals surface area contributed by atoms with Crippen LogP contribution in [0, 0.1) is 6.92 Å². The molecule has 1 aliphatic heterocycles. The second-order valence-corrected chi connectivity index (χ2v) is 5.10. The van der Waals surface area contributed by atoms with Crippen LogP contribution in [0.2, 0.25) is 0 Å². The van der Waals surface area contributed by atoms with E-state index in [0.717, 1.165) is 28.6 Å². The standard InChI is InChI=1S/C18H15NO3/c1-12-11-17-18(21-12)19(13-7-3-5-9-15(13)20-2)14-8-4-6-10-16(14)22-17/h3-11H,1-2H3. The first-order valence-corrected chi connectivity index (χ1v) is 7.08. The average Bonchev–Trinajstić information content (AvgIpc) is 2.92. The molecule has 4 nitrogen and oxygen atoms in total. The van der Waals surface area contributed by atoms with Crippen LogP contribution in [0.4, 0.5) is 17.3 Å². The highest BCUT2D eigenvalue weighted by Crippen LogP contribution is 2.53. The van der Waals surface area contributed by atoms with E-state index in [1.807, 2.05) is 66.4 Å². The molecule has 0 aliphatic carbocycles. The van der Waals surface area contributed by atoms with Gasteiger partial charge in [-0.2, -0.15) is 0 Å². The van der Waals surface area contributed by atoms with E-state index in [1.54, 1.807) is 7.11 Å². The van der Waals surface area contributed by atoms with Gasteiger partial charge < -0.3 is 13.9 Å². The van der Waals surface area contributed by atoms with Gasteiger partial charge >= 0.3 is 0 Å². The molecule has 0 amide bonds. The fraction of sp³-hybridized carbons (Fsp3) is 0.111. The van der Waals surface area contributed by atoms with Crippen LogP contribution < -0.4 is 14.4 Å². The Morgan fingerprint density at radius 3 is 2.45 bits per heavy atom. The van der Waals surface area contributed by atoms with Crippen LogP contribution in [0.1, 0.15) is 5.76 Å². The zero-order valence-corrected chi connectivity index (χ0v) is 12.4. The molecule has 0 atom stereocenters. The summed E-state index contributed by atoms with van der Waals surface area (Å²) < 4.78 is 17.3. The van der Waals surface area contributed by atoms with Crippen molar-refractivity contribution >= 4 is 17.3 Å². The molecule has 1 aromatic heterocycles. The van der Waals surface area contributed by atoms with Gasteiger partial charge in [-0.3, -0.25) is 4.90 Å². The average molecular weight is 293 g/mol. The number of benzene rings is 2. The van der Waals surface area contributed by atoms with Gasteiger partial charge in [0.15, 0.2) is 11.5 Å². The molecular weight excluding hydrogens is 278 g/mol. The molecule has 0 saturated heterocycles. The second kappa shape index (κ2) is 4.84. The van der Waals surface area contributed by atoms with Crippen molar-refractivity contribution in [1.29, 1.82) is 0 Å². The number of anilines is 3. The molecule has 0 saturated carbocycles. The van der Waals surface area contributed by atoms with Crippen molar-refractivity contribution in [2.75, 3.05) is 12.0 Å². The molecule has 110 valence electrons. The highest BCUT2D eigenvalue weighted by atomic mass is 16.5. The summed E-state index contributed by atoms with van der Waals surface area (Å²) in [6.45, 7) is 1.91. The first kappa shape index (κ1) is 12.8. The molecule has 4 heteroatoms. The fourth-order valence-corrected chi connectivity index (χ4v) is 2.72. The summed E-state index contributed by atoms with van der Waals surface area (Å²) in [4.78, 5) is 2.03. The van der Waals surface area contributed by atoms with Crippen LogP contribution in [0.5, 0.6) is 17.2 Å². The third-order valence-corrected chi connectivity index (χ3v) is 3.66. The van der Waals surface area contributed by atoms with E-state index in [2.05, 4.69) is 0 Å². The molecule has 4 rings (SSSR count). The molecule has 22 heavy (non-hydrogen) atoms. The number of hydrogen-bond donors (Lipinski definition) is 0. The van der Waals surface area contributed by atoms with Gasteiger partial charge in [0, 0.05) is 6.07 Å². The van der Waals surface area contributed by atoms with Gasteiger partial charge in [0.2, 0.25) is 5.88 Å². The predicted molar refractivity (Wildman–Crippen MR) is 84.8 cm³/mol. The van der Waals surface area contributed by atoms with Crippen molar-refractivity contribution in [2.45, 2.75) is 6.92 Å². The summed E-state index contributed by atoms with van der Waals surface area (Å²) >= 11 is 0. The third-order valence-electron chi connectivity index (χ3n) is 3.66. The maximum Gasteiger partial charge on any atom is 0.248 e. The van der Waals surface area contributed by atoms with Crippen LogP contribution in [0.3, 0.4) is 0 Å². The summed E-state index contributed by atoms with van der Waals surface area (Å²) in [6, 6.07) is 17.6. The first-order chi connectivity index (χ1) is 10.8. The zero-order chi connectivity index (χ0) is 15.1. The van der Waals surface area contributed by atoms with E-state index in [-0.39, 0.29) is 0 Å². The number of furan rings is 1.